The van der Waals surface area contributed by atoms with E-state index in [1.54, 1.807) is 61.0 Å². The molecule has 0 unspecified atom stereocenters. The predicted octanol–water partition coefficient (Wildman–Crippen LogP) is 4.15. The summed E-state index contributed by atoms with van der Waals surface area (Å²) in [6, 6.07) is 13.0. The Hall–Kier alpha value is -3.59. The van der Waals surface area contributed by atoms with Crippen LogP contribution in [-0.4, -0.2) is 41.8 Å². The number of carbonyl (C=O) groups is 3. The number of methoxy groups -OCH3 is 1. The molecule has 1 atom stereocenters. The fourth-order valence-corrected chi connectivity index (χ4v) is 4.06. The van der Waals surface area contributed by atoms with E-state index in [9.17, 15) is 14.4 Å². The molecule has 0 saturated carbocycles. The number of hydrogen-bond acceptors (Lipinski definition) is 6. The smallest absolute Gasteiger partial charge is 0.261 e. The Morgan fingerprint density at radius 1 is 1.14 bits per heavy atom. The van der Waals surface area contributed by atoms with Crippen molar-refractivity contribution in [3.05, 3.63) is 76.4 Å². The maximum atomic E-state index is 13.7. The predicted molar refractivity (Wildman–Crippen MR) is 134 cm³/mol. The van der Waals surface area contributed by atoms with Crippen LogP contribution in [0.1, 0.15) is 54.2 Å². The number of nitrogens with one attached hydrogen (secondary N) is 2. The lowest BCUT2D eigenvalue weighted by Crippen LogP contribution is -2.51. The fourth-order valence-electron chi connectivity index (χ4n) is 3.42. The van der Waals surface area contributed by atoms with Crippen LogP contribution in [0.2, 0.25) is 0 Å². The van der Waals surface area contributed by atoms with Gasteiger partial charge in [0, 0.05) is 5.54 Å². The molecule has 0 aliphatic heterocycles. The molecule has 3 rings (SSSR count). The second-order valence-electron chi connectivity index (χ2n) is 8.67. The number of benzene rings is 1. The molecule has 0 bridgehead atoms. The van der Waals surface area contributed by atoms with Gasteiger partial charge in [0.25, 0.3) is 5.91 Å². The van der Waals surface area contributed by atoms with Gasteiger partial charge in [-0.3, -0.25) is 14.4 Å². The van der Waals surface area contributed by atoms with Crippen LogP contribution in [-0.2, 0) is 16.1 Å². The van der Waals surface area contributed by atoms with E-state index in [-0.39, 0.29) is 24.9 Å². The Balaban J connectivity index is 1.96. The van der Waals surface area contributed by atoms with Crippen molar-refractivity contribution in [2.75, 3.05) is 13.7 Å². The van der Waals surface area contributed by atoms with E-state index in [2.05, 4.69) is 10.6 Å². The summed E-state index contributed by atoms with van der Waals surface area (Å²) in [7, 11) is 1.54. The molecule has 1 aromatic carbocycles. The summed E-state index contributed by atoms with van der Waals surface area (Å²) in [5.41, 5.74) is 0.0966. The standard InChI is InChI=1S/C26H31N3O5S/c1-5-26(2,3)28-25(32)23(18-9-6-10-19(15-18)33-4)29(17-20-11-7-13-34-20)22(30)16-27-24(31)21-12-8-14-35-21/h6-15,23H,5,16-17H2,1-4H3,(H,27,31)(H,28,32)/t23-/m1/s1. The van der Waals surface area contributed by atoms with Gasteiger partial charge >= 0.3 is 0 Å². The highest BCUT2D eigenvalue weighted by Crippen LogP contribution is 2.28. The van der Waals surface area contributed by atoms with Crippen LogP contribution >= 0.6 is 11.3 Å². The minimum absolute atomic E-state index is 0.0442. The Bertz CT molecular complexity index is 1130. The van der Waals surface area contributed by atoms with Gasteiger partial charge in [-0.2, -0.15) is 0 Å². The summed E-state index contributed by atoms with van der Waals surface area (Å²) in [4.78, 5) is 41.5. The molecule has 0 aliphatic carbocycles. The first-order chi connectivity index (χ1) is 16.7. The molecule has 0 radical (unpaired) electrons. The molecular weight excluding hydrogens is 466 g/mol. The lowest BCUT2D eigenvalue weighted by atomic mass is 9.98. The molecular formula is C26H31N3O5S. The van der Waals surface area contributed by atoms with Crippen molar-refractivity contribution >= 4 is 29.1 Å². The first-order valence-corrected chi connectivity index (χ1v) is 12.2. The van der Waals surface area contributed by atoms with Crippen LogP contribution in [0, 0.1) is 0 Å². The van der Waals surface area contributed by atoms with Gasteiger partial charge in [-0.1, -0.05) is 25.1 Å². The second kappa shape index (κ2) is 11.7. The fraction of sp³-hybridized carbons (Fsp3) is 0.346. The molecule has 2 aromatic heterocycles. The third kappa shape index (κ3) is 6.95. The van der Waals surface area contributed by atoms with Crippen molar-refractivity contribution in [2.45, 2.75) is 45.3 Å². The number of hydrogen-bond donors (Lipinski definition) is 2. The van der Waals surface area contributed by atoms with Gasteiger partial charge in [-0.15, -0.1) is 11.3 Å². The minimum Gasteiger partial charge on any atom is -0.497 e. The number of thiophene rings is 1. The van der Waals surface area contributed by atoms with Crippen molar-refractivity contribution in [3.63, 3.8) is 0 Å². The van der Waals surface area contributed by atoms with Crippen molar-refractivity contribution in [2.24, 2.45) is 0 Å². The number of nitrogens with zero attached hydrogens (tertiary/aromatic N) is 1. The second-order valence-corrected chi connectivity index (χ2v) is 9.61. The quantitative estimate of drug-likeness (QED) is 0.414. The van der Waals surface area contributed by atoms with E-state index in [1.807, 2.05) is 20.8 Å². The third-order valence-corrected chi connectivity index (χ3v) is 6.56. The van der Waals surface area contributed by atoms with E-state index in [0.717, 1.165) is 0 Å². The topological polar surface area (TPSA) is 101 Å². The summed E-state index contributed by atoms with van der Waals surface area (Å²) >= 11 is 1.29. The lowest BCUT2D eigenvalue weighted by molar-refractivity contribution is -0.141. The van der Waals surface area contributed by atoms with Crippen LogP contribution in [0.5, 0.6) is 5.75 Å². The van der Waals surface area contributed by atoms with Gasteiger partial charge in [-0.05, 0) is 61.5 Å². The van der Waals surface area contributed by atoms with Crippen molar-refractivity contribution < 1.29 is 23.5 Å². The number of carbonyl (C=O) groups excluding carboxylic acids is 3. The monoisotopic (exact) mass is 497 g/mol. The lowest BCUT2D eigenvalue weighted by Gasteiger charge is -2.34. The average molecular weight is 498 g/mol. The summed E-state index contributed by atoms with van der Waals surface area (Å²) in [5, 5.41) is 7.51. The summed E-state index contributed by atoms with van der Waals surface area (Å²) < 4.78 is 10.9. The van der Waals surface area contributed by atoms with Gasteiger partial charge in [-0.25, -0.2) is 0 Å². The average Bonchev–Trinajstić information content (AvgIpc) is 3.56. The van der Waals surface area contributed by atoms with Gasteiger partial charge in [0.1, 0.15) is 17.6 Å². The van der Waals surface area contributed by atoms with Crippen LogP contribution in [0.15, 0.2) is 64.6 Å². The van der Waals surface area contributed by atoms with Crippen molar-refractivity contribution in [3.8, 4) is 5.75 Å². The number of amides is 3. The number of furan rings is 1. The van der Waals surface area contributed by atoms with Gasteiger partial charge < -0.3 is 24.7 Å². The van der Waals surface area contributed by atoms with Gasteiger partial charge in [0.05, 0.1) is 31.3 Å². The molecule has 0 spiro atoms. The Labute approximate surface area is 209 Å². The maximum Gasteiger partial charge on any atom is 0.261 e. The van der Waals surface area contributed by atoms with Gasteiger partial charge in [0.2, 0.25) is 11.8 Å². The normalized spacial score (nSPS) is 12.0. The molecule has 35 heavy (non-hydrogen) atoms. The molecule has 0 saturated heterocycles. The molecule has 0 fully saturated rings. The van der Waals surface area contributed by atoms with E-state index in [0.29, 0.717) is 28.4 Å². The molecule has 2 N–H and O–H groups in total. The highest BCUT2D eigenvalue weighted by Gasteiger charge is 2.34. The zero-order valence-electron chi connectivity index (χ0n) is 20.4. The number of ether oxygens (including phenoxy) is 1. The third-order valence-electron chi connectivity index (χ3n) is 5.69. The van der Waals surface area contributed by atoms with Crippen LogP contribution in [0.4, 0.5) is 0 Å². The Morgan fingerprint density at radius 2 is 1.94 bits per heavy atom. The maximum absolute atomic E-state index is 13.7. The zero-order chi connectivity index (χ0) is 25.4. The first-order valence-electron chi connectivity index (χ1n) is 11.3. The summed E-state index contributed by atoms with van der Waals surface area (Å²) in [6.07, 6.45) is 2.21. The SMILES string of the molecule is CCC(C)(C)NC(=O)[C@@H](c1cccc(OC)c1)N(Cc1ccco1)C(=O)CNC(=O)c1cccs1. The molecule has 186 valence electrons. The first kappa shape index (κ1) is 26.0. The zero-order valence-corrected chi connectivity index (χ0v) is 21.2. The van der Waals surface area contributed by atoms with E-state index in [4.69, 9.17) is 9.15 Å². The highest BCUT2D eigenvalue weighted by atomic mass is 32.1. The van der Waals surface area contributed by atoms with Gasteiger partial charge in [0.15, 0.2) is 0 Å². The summed E-state index contributed by atoms with van der Waals surface area (Å²) in [6.45, 7) is 5.60. The Morgan fingerprint density at radius 3 is 2.57 bits per heavy atom. The Kier molecular flexibility index (Phi) is 8.70. The molecule has 3 aromatic rings. The highest BCUT2D eigenvalue weighted by molar-refractivity contribution is 7.12. The molecule has 9 heteroatoms. The number of rotatable bonds is 11. The largest absolute Gasteiger partial charge is 0.497 e. The van der Waals surface area contributed by atoms with Crippen LogP contribution < -0.4 is 15.4 Å². The van der Waals surface area contributed by atoms with Crippen LogP contribution in [0.25, 0.3) is 0 Å². The van der Waals surface area contributed by atoms with Crippen molar-refractivity contribution in [1.29, 1.82) is 0 Å². The minimum atomic E-state index is -0.979. The molecule has 3 amide bonds. The van der Waals surface area contributed by atoms with Crippen LogP contribution in [0.3, 0.4) is 0 Å². The van der Waals surface area contributed by atoms with Crippen molar-refractivity contribution in [1.82, 2.24) is 15.5 Å². The molecule has 8 nitrogen and oxygen atoms in total. The van der Waals surface area contributed by atoms with E-state index < -0.39 is 17.5 Å². The van der Waals surface area contributed by atoms with E-state index >= 15 is 0 Å². The molecule has 2 heterocycles. The summed E-state index contributed by atoms with van der Waals surface area (Å²) in [5.74, 6) is -0.0381. The molecule has 0 aliphatic rings. The van der Waals surface area contributed by atoms with E-state index in [1.165, 1.54) is 22.5 Å².